The zero-order chi connectivity index (χ0) is 26.7. The summed E-state index contributed by atoms with van der Waals surface area (Å²) in [6, 6.07) is 5.94. The maximum Gasteiger partial charge on any atom is 0.148 e. The minimum absolute atomic E-state index is 0.000712. The van der Waals surface area contributed by atoms with Gasteiger partial charge in [-0.25, -0.2) is 18.8 Å². The average Bonchev–Trinajstić information content (AvgIpc) is 3.10. The first kappa shape index (κ1) is 26.5. The van der Waals surface area contributed by atoms with Crippen molar-refractivity contribution in [3.8, 4) is 0 Å². The summed E-state index contributed by atoms with van der Waals surface area (Å²) in [5.74, 6) is -1.50. The van der Waals surface area contributed by atoms with E-state index in [1.165, 1.54) is 29.1 Å². The molecule has 1 aromatic heterocycles. The topological polar surface area (TPSA) is 105 Å². The van der Waals surface area contributed by atoms with Crippen molar-refractivity contribution in [3.63, 3.8) is 0 Å². The Bertz CT molecular complexity index is 1320. The summed E-state index contributed by atoms with van der Waals surface area (Å²) in [5.41, 5.74) is 9.93. The Morgan fingerprint density at radius 1 is 1.25 bits per heavy atom. The molecule has 9 heteroatoms. The molecular formula is C27H31F2N7. The Morgan fingerprint density at radius 2 is 1.94 bits per heavy atom. The number of aliphatic imine (C=N–C) groups is 1. The van der Waals surface area contributed by atoms with Gasteiger partial charge in [-0.05, 0) is 57.9 Å². The van der Waals surface area contributed by atoms with Gasteiger partial charge < -0.3 is 5.73 Å². The highest BCUT2D eigenvalue weighted by Crippen LogP contribution is 2.45. The van der Waals surface area contributed by atoms with Gasteiger partial charge in [-0.3, -0.25) is 20.8 Å². The fourth-order valence-corrected chi connectivity index (χ4v) is 4.11. The van der Waals surface area contributed by atoms with Crippen LogP contribution in [0.3, 0.4) is 0 Å². The van der Waals surface area contributed by atoms with Crippen molar-refractivity contribution in [2.75, 3.05) is 0 Å². The quantitative estimate of drug-likeness (QED) is 0.355. The van der Waals surface area contributed by atoms with E-state index in [9.17, 15) is 4.39 Å². The normalized spacial score (nSPS) is 18.6. The van der Waals surface area contributed by atoms with Gasteiger partial charge in [-0.1, -0.05) is 25.6 Å². The fraction of sp³-hybridized carbons (Fsp3) is 0.259. The third kappa shape index (κ3) is 4.82. The van der Waals surface area contributed by atoms with Crippen molar-refractivity contribution in [3.05, 3.63) is 94.6 Å². The number of amidine groups is 2. The van der Waals surface area contributed by atoms with E-state index in [1.54, 1.807) is 39.1 Å². The highest BCUT2D eigenvalue weighted by Gasteiger charge is 2.45. The number of hydrazine groups is 1. The summed E-state index contributed by atoms with van der Waals surface area (Å²) >= 11 is 0. The Hall–Kier alpha value is -4.14. The van der Waals surface area contributed by atoms with Gasteiger partial charge in [-0.15, -0.1) is 0 Å². The van der Waals surface area contributed by atoms with Crippen LogP contribution in [0.1, 0.15) is 51.9 Å². The summed E-state index contributed by atoms with van der Waals surface area (Å²) in [6.45, 7) is 12.9. The molecule has 1 unspecified atom stereocenters. The van der Waals surface area contributed by atoms with Crippen LogP contribution in [0.25, 0.3) is 0 Å². The standard InChI is InChI=1S/C27H31F2N7/c1-7-15(3)27(32)36(18(6)31)35-17(5)25(34-23-10-9-13-33-22(23)8-2)24(16(4)30)26(35)20-12-11-19(28)14-21(20)29/h7,9-14,26,31-32H,5,8,30H2,1-4,6H3/b15-7-,24-16?,31-18?,32-27?,34-25?. The van der Waals surface area contributed by atoms with Crippen LogP contribution in [0.2, 0.25) is 0 Å². The Morgan fingerprint density at radius 3 is 2.50 bits per heavy atom. The van der Waals surface area contributed by atoms with E-state index >= 15 is 4.39 Å². The van der Waals surface area contributed by atoms with E-state index in [0.717, 1.165) is 11.8 Å². The molecular weight excluding hydrogens is 460 g/mol. The molecule has 188 valence electrons. The summed E-state index contributed by atoms with van der Waals surface area (Å²) < 4.78 is 29.1. The maximum absolute atomic E-state index is 15.3. The predicted molar refractivity (Wildman–Crippen MR) is 140 cm³/mol. The van der Waals surface area contributed by atoms with E-state index in [-0.39, 0.29) is 17.2 Å². The van der Waals surface area contributed by atoms with E-state index in [1.807, 2.05) is 13.0 Å². The molecule has 0 saturated carbocycles. The van der Waals surface area contributed by atoms with Crippen LogP contribution in [0.5, 0.6) is 0 Å². The molecule has 0 spiro atoms. The van der Waals surface area contributed by atoms with E-state index in [2.05, 4.69) is 11.6 Å². The largest absolute Gasteiger partial charge is 0.402 e. The van der Waals surface area contributed by atoms with Gasteiger partial charge in [0.1, 0.15) is 29.3 Å². The van der Waals surface area contributed by atoms with E-state index in [4.69, 9.17) is 21.5 Å². The number of halogens is 2. The van der Waals surface area contributed by atoms with Gasteiger partial charge in [-0.2, -0.15) is 0 Å². The first-order chi connectivity index (χ1) is 17.0. The van der Waals surface area contributed by atoms with Crippen molar-refractivity contribution >= 4 is 23.1 Å². The number of benzene rings is 1. The zero-order valence-corrected chi connectivity index (χ0v) is 21.2. The highest BCUT2D eigenvalue weighted by atomic mass is 19.1. The lowest BCUT2D eigenvalue weighted by Crippen LogP contribution is -2.48. The summed E-state index contributed by atoms with van der Waals surface area (Å²) in [4.78, 5) is 9.24. The van der Waals surface area contributed by atoms with Crippen molar-refractivity contribution in [1.82, 2.24) is 15.0 Å². The molecule has 1 aliphatic rings. The van der Waals surface area contributed by atoms with Crippen molar-refractivity contribution in [1.29, 1.82) is 10.8 Å². The van der Waals surface area contributed by atoms with Crippen LogP contribution in [0.15, 0.2) is 76.7 Å². The molecule has 1 aromatic carbocycles. The number of nitrogens with one attached hydrogen (secondary N) is 2. The Balaban J connectivity index is 2.38. The van der Waals surface area contributed by atoms with Crippen LogP contribution in [-0.2, 0) is 6.42 Å². The molecule has 7 nitrogen and oxygen atoms in total. The smallest absolute Gasteiger partial charge is 0.148 e. The predicted octanol–water partition coefficient (Wildman–Crippen LogP) is 5.96. The number of pyridine rings is 1. The minimum atomic E-state index is -0.950. The SMILES string of the molecule is C=C1C(=Nc2cccnc2CC)C(=C(C)N)C(c2ccc(F)cc2F)N1N(C(C)=N)C(=N)/C(C)=C\C. The third-order valence-electron chi connectivity index (χ3n) is 5.99. The van der Waals surface area contributed by atoms with Gasteiger partial charge in [0.25, 0.3) is 0 Å². The Kier molecular flexibility index (Phi) is 7.82. The van der Waals surface area contributed by atoms with Crippen molar-refractivity contribution in [2.24, 2.45) is 10.7 Å². The molecule has 1 atom stereocenters. The summed E-state index contributed by atoms with van der Waals surface area (Å²) in [5, 5.41) is 20.1. The third-order valence-corrected chi connectivity index (χ3v) is 5.99. The number of allylic oxidation sites excluding steroid dienone is 3. The van der Waals surface area contributed by atoms with Crippen molar-refractivity contribution < 1.29 is 8.78 Å². The van der Waals surface area contributed by atoms with Gasteiger partial charge >= 0.3 is 0 Å². The molecule has 1 saturated heterocycles. The molecule has 0 amide bonds. The lowest BCUT2D eigenvalue weighted by atomic mass is 9.96. The molecule has 2 aromatic rings. The summed E-state index contributed by atoms with van der Waals surface area (Å²) in [6.07, 6.45) is 4.06. The molecule has 2 heterocycles. The zero-order valence-electron chi connectivity index (χ0n) is 21.2. The monoisotopic (exact) mass is 491 g/mol. The van der Waals surface area contributed by atoms with Gasteiger partial charge in [0.15, 0.2) is 0 Å². The molecule has 3 rings (SSSR count). The highest BCUT2D eigenvalue weighted by molar-refractivity contribution is 6.17. The first-order valence-electron chi connectivity index (χ1n) is 11.5. The van der Waals surface area contributed by atoms with Gasteiger partial charge in [0.05, 0.1) is 22.8 Å². The number of hydrogen-bond acceptors (Lipinski definition) is 6. The van der Waals surface area contributed by atoms with Crippen LogP contribution in [0.4, 0.5) is 14.5 Å². The first-order valence-corrected chi connectivity index (χ1v) is 11.5. The second kappa shape index (κ2) is 10.6. The molecule has 0 bridgehead atoms. The molecule has 0 radical (unpaired) electrons. The number of aryl methyl sites for hydroxylation is 1. The van der Waals surface area contributed by atoms with Gasteiger partial charge in [0, 0.05) is 29.1 Å². The maximum atomic E-state index is 15.3. The fourth-order valence-electron chi connectivity index (χ4n) is 4.11. The van der Waals surface area contributed by atoms with Crippen LogP contribution in [-0.4, -0.2) is 32.4 Å². The number of nitrogens with zero attached hydrogens (tertiary/aromatic N) is 4. The number of nitrogens with two attached hydrogens (primary N) is 1. The second-order valence-electron chi connectivity index (χ2n) is 8.46. The second-order valence-corrected chi connectivity index (χ2v) is 8.46. The molecule has 1 aliphatic heterocycles. The number of rotatable bonds is 5. The number of hydrogen-bond donors (Lipinski definition) is 3. The lowest BCUT2D eigenvalue weighted by Gasteiger charge is -2.39. The van der Waals surface area contributed by atoms with Crippen LogP contribution < -0.4 is 5.73 Å². The lowest BCUT2D eigenvalue weighted by molar-refractivity contribution is 0.140. The molecule has 0 aliphatic carbocycles. The molecule has 36 heavy (non-hydrogen) atoms. The van der Waals surface area contributed by atoms with Crippen LogP contribution >= 0.6 is 0 Å². The van der Waals surface area contributed by atoms with E-state index < -0.39 is 17.7 Å². The molecule has 4 N–H and O–H groups in total. The van der Waals surface area contributed by atoms with Crippen LogP contribution in [0, 0.1) is 22.5 Å². The van der Waals surface area contributed by atoms with Crippen molar-refractivity contribution in [2.45, 2.75) is 47.1 Å². The van der Waals surface area contributed by atoms with Gasteiger partial charge in [0.2, 0.25) is 0 Å². The Labute approximate surface area is 210 Å². The average molecular weight is 492 g/mol. The summed E-state index contributed by atoms with van der Waals surface area (Å²) in [7, 11) is 0. The van der Waals surface area contributed by atoms with E-state index in [0.29, 0.717) is 40.4 Å². The molecule has 1 fully saturated rings. The minimum Gasteiger partial charge on any atom is -0.402 e. The number of aromatic nitrogens is 1.